The molecule has 34 heavy (non-hydrogen) atoms. The second kappa shape index (κ2) is 8.55. The van der Waals surface area contributed by atoms with Crippen LogP contribution in [-0.4, -0.2) is 40.3 Å². The van der Waals surface area contributed by atoms with Gasteiger partial charge in [-0.2, -0.15) is 5.26 Å². The van der Waals surface area contributed by atoms with Crippen LogP contribution >= 0.6 is 0 Å². The number of aromatic amines is 1. The molecule has 0 unspecified atom stereocenters. The predicted octanol–water partition coefficient (Wildman–Crippen LogP) is 3.38. The molecule has 0 aliphatic carbocycles. The Morgan fingerprint density at radius 1 is 1.15 bits per heavy atom. The van der Waals surface area contributed by atoms with Gasteiger partial charge in [0, 0.05) is 37.5 Å². The number of urea groups is 1. The van der Waals surface area contributed by atoms with Crippen molar-refractivity contribution in [2.45, 2.75) is 19.5 Å². The maximum absolute atomic E-state index is 14.1. The van der Waals surface area contributed by atoms with Gasteiger partial charge in [0.15, 0.2) is 11.6 Å². The number of amides is 3. The van der Waals surface area contributed by atoms with Crippen LogP contribution in [0.25, 0.3) is 10.8 Å². The minimum absolute atomic E-state index is 0.0181. The molecule has 3 amide bonds. The van der Waals surface area contributed by atoms with Crippen LogP contribution < -0.4 is 10.9 Å². The van der Waals surface area contributed by atoms with Gasteiger partial charge in [-0.25, -0.2) is 18.0 Å². The highest BCUT2D eigenvalue weighted by atomic mass is 19.2. The standard InChI is InChI=1S/C23H18F3N5O3/c1-11(32)31-9-19-21(14-6-17(25)18(26)7-15(14)22(33)29-19)20(10-31)30(2)23(34)28-13-3-4-16(24)12(5-13)8-27/h3-7,20H,9-10H2,1-2H3,(H,28,34)(H,29,33)/t20-/m0/s1. The van der Waals surface area contributed by atoms with Crippen molar-refractivity contribution in [2.75, 3.05) is 18.9 Å². The molecule has 8 nitrogen and oxygen atoms in total. The summed E-state index contributed by atoms with van der Waals surface area (Å²) in [5.74, 6) is -3.40. The molecule has 3 aromatic rings. The number of nitrogens with one attached hydrogen (secondary N) is 2. The van der Waals surface area contributed by atoms with Gasteiger partial charge < -0.3 is 20.1 Å². The number of H-pyrrole nitrogens is 1. The topological polar surface area (TPSA) is 109 Å². The number of rotatable bonds is 2. The van der Waals surface area contributed by atoms with E-state index in [0.29, 0.717) is 11.3 Å². The molecule has 1 aromatic heterocycles. The van der Waals surface area contributed by atoms with Crippen molar-refractivity contribution >= 4 is 28.4 Å². The molecule has 0 saturated carbocycles. The minimum atomic E-state index is -1.19. The zero-order valence-electron chi connectivity index (χ0n) is 18.1. The fourth-order valence-electron chi connectivity index (χ4n) is 4.05. The van der Waals surface area contributed by atoms with Crippen LogP contribution in [0.3, 0.4) is 0 Å². The van der Waals surface area contributed by atoms with Crippen molar-refractivity contribution in [2.24, 2.45) is 0 Å². The van der Waals surface area contributed by atoms with E-state index in [4.69, 9.17) is 5.26 Å². The van der Waals surface area contributed by atoms with Gasteiger partial charge in [0.25, 0.3) is 5.56 Å². The van der Waals surface area contributed by atoms with Gasteiger partial charge in [0.05, 0.1) is 23.5 Å². The van der Waals surface area contributed by atoms with Crippen molar-refractivity contribution in [1.82, 2.24) is 14.8 Å². The summed E-state index contributed by atoms with van der Waals surface area (Å²) in [4.78, 5) is 43.0. The molecule has 2 aromatic carbocycles. The SMILES string of the molecule is CC(=O)N1Cc2[nH]c(=O)c3cc(F)c(F)cc3c2[C@@H](N(C)C(=O)Nc2ccc(F)c(C#N)c2)C1. The molecule has 0 bridgehead atoms. The van der Waals surface area contributed by atoms with Crippen molar-refractivity contribution in [1.29, 1.82) is 5.26 Å². The number of aromatic nitrogens is 1. The van der Waals surface area contributed by atoms with E-state index in [1.165, 1.54) is 35.9 Å². The fraction of sp³-hybridized carbons (Fsp3) is 0.217. The van der Waals surface area contributed by atoms with Crippen LogP contribution in [0.5, 0.6) is 0 Å². The van der Waals surface area contributed by atoms with Crippen LogP contribution in [-0.2, 0) is 11.3 Å². The molecule has 174 valence electrons. The van der Waals surface area contributed by atoms with Crippen molar-refractivity contribution < 1.29 is 22.8 Å². The van der Waals surface area contributed by atoms with Crippen LogP contribution in [0.4, 0.5) is 23.7 Å². The van der Waals surface area contributed by atoms with Crippen LogP contribution in [0.1, 0.15) is 29.8 Å². The van der Waals surface area contributed by atoms with Crippen molar-refractivity contribution in [3.8, 4) is 6.07 Å². The number of pyridine rings is 1. The third-order valence-corrected chi connectivity index (χ3v) is 5.83. The van der Waals surface area contributed by atoms with E-state index in [1.807, 2.05) is 0 Å². The smallest absolute Gasteiger partial charge is 0.322 e. The van der Waals surface area contributed by atoms with Crippen LogP contribution in [0, 0.1) is 28.8 Å². The molecular weight excluding hydrogens is 451 g/mol. The number of carbonyl (C=O) groups is 2. The number of halogens is 3. The monoisotopic (exact) mass is 469 g/mol. The average Bonchev–Trinajstić information content (AvgIpc) is 2.80. The van der Waals surface area contributed by atoms with E-state index in [9.17, 15) is 27.6 Å². The third-order valence-electron chi connectivity index (χ3n) is 5.83. The summed E-state index contributed by atoms with van der Waals surface area (Å²) in [5.41, 5.74) is -0.0798. The Balaban J connectivity index is 1.79. The molecule has 0 spiro atoms. The van der Waals surface area contributed by atoms with Gasteiger partial charge in [-0.3, -0.25) is 9.59 Å². The molecule has 2 N–H and O–H groups in total. The molecule has 2 heterocycles. The number of fused-ring (bicyclic) bond motifs is 3. The molecule has 0 saturated heterocycles. The van der Waals surface area contributed by atoms with Gasteiger partial charge in [-0.15, -0.1) is 0 Å². The van der Waals surface area contributed by atoms with E-state index >= 15 is 0 Å². The van der Waals surface area contributed by atoms with E-state index in [-0.39, 0.29) is 41.0 Å². The predicted molar refractivity (Wildman–Crippen MR) is 116 cm³/mol. The summed E-state index contributed by atoms with van der Waals surface area (Å²) < 4.78 is 41.6. The number of hydrogen-bond donors (Lipinski definition) is 2. The maximum atomic E-state index is 14.1. The van der Waals surface area contributed by atoms with Crippen molar-refractivity contribution in [3.05, 3.63) is 75.0 Å². The lowest BCUT2D eigenvalue weighted by Crippen LogP contribution is -2.46. The quantitative estimate of drug-likeness (QED) is 0.600. The van der Waals surface area contributed by atoms with Crippen molar-refractivity contribution in [3.63, 3.8) is 0 Å². The molecule has 1 atom stereocenters. The zero-order chi connectivity index (χ0) is 24.7. The maximum Gasteiger partial charge on any atom is 0.322 e. The van der Waals surface area contributed by atoms with Gasteiger partial charge in [-0.1, -0.05) is 0 Å². The Morgan fingerprint density at radius 2 is 1.82 bits per heavy atom. The third kappa shape index (κ3) is 3.94. The van der Waals surface area contributed by atoms with E-state index in [2.05, 4.69) is 10.3 Å². The van der Waals surface area contributed by atoms with Gasteiger partial charge in [-0.05, 0) is 35.7 Å². The number of nitriles is 1. The zero-order valence-corrected chi connectivity index (χ0v) is 18.1. The number of likely N-dealkylation sites (N-methyl/N-ethyl adjacent to an activating group) is 1. The molecule has 0 fully saturated rings. The molecule has 11 heteroatoms. The second-order valence-corrected chi connectivity index (χ2v) is 7.92. The summed E-state index contributed by atoms with van der Waals surface area (Å²) in [6, 6.07) is 5.36. The summed E-state index contributed by atoms with van der Waals surface area (Å²) >= 11 is 0. The Bertz CT molecular complexity index is 1450. The Morgan fingerprint density at radius 3 is 2.47 bits per heavy atom. The lowest BCUT2D eigenvalue weighted by Gasteiger charge is -2.39. The Hall–Kier alpha value is -4.33. The summed E-state index contributed by atoms with van der Waals surface area (Å²) in [5, 5.41) is 11.6. The molecule has 1 aliphatic rings. The fourth-order valence-corrected chi connectivity index (χ4v) is 4.05. The van der Waals surface area contributed by atoms with E-state index < -0.39 is 35.1 Å². The van der Waals surface area contributed by atoms with Crippen LogP contribution in [0.2, 0.25) is 0 Å². The molecule has 4 rings (SSSR count). The molecule has 1 aliphatic heterocycles. The first-order valence-electron chi connectivity index (χ1n) is 10.1. The Kier molecular flexibility index (Phi) is 5.75. The Labute approximate surface area is 191 Å². The lowest BCUT2D eigenvalue weighted by molar-refractivity contribution is -0.130. The average molecular weight is 469 g/mol. The first-order chi connectivity index (χ1) is 16.1. The number of nitrogens with zero attached hydrogens (tertiary/aromatic N) is 3. The number of carbonyl (C=O) groups excluding carboxylic acids is 2. The number of anilines is 1. The first kappa shape index (κ1) is 22.8. The van der Waals surface area contributed by atoms with E-state index in [1.54, 1.807) is 6.07 Å². The molecule has 0 radical (unpaired) electrons. The summed E-state index contributed by atoms with van der Waals surface area (Å²) in [6.07, 6.45) is 0. The van der Waals surface area contributed by atoms with Gasteiger partial charge >= 0.3 is 6.03 Å². The van der Waals surface area contributed by atoms with E-state index in [0.717, 1.165) is 18.2 Å². The first-order valence-corrected chi connectivity index (χ1v) is 10.1. The minimum Gasteiger partial charge on any atom is -0.335 e. The number of benzene rings is 2. The largest absolute Gasteiger partial charge is 0.335 e. The molecular formula is C23H18F3N5O3. The number of hydrogen-bond acceptors (Lipinski definition) is 4. The normalized spacial score (nSPS) is 14.9. The highest BCUT2D eigenvalue weighted by Crippen LogP contribution is 2.35. The summed E-state index contributed by atoms with van der Waals surface area (Å²) in [6.45, 7) is 1.38. The summed E-state index contributed by atoms with van der Waals surface area (Å²) in [7, 11) is 1.43. The highest BCUT2D eigenvalue weighted by molar-refractivity contribution is 5.91. The lowest BCUT2D eigenvalue weighted by atomic mass is 9.93. The second-order valence-electron chi connectivity index (χ2n) is 7.92. The highest BCUT2D eigenvalue weighted by Gasteiger charge is 2.34. The van der Waals surface area contributed by atoms with Gasteiger partial charge in [0.1, 0.15) is 11.9 Å². The van der Waals surface area contributed by atoms with Crippen LogP contribution in [0.15, 0.2) is 35.1 Å². The van der Waals surface area contributed by atoms with Gasteiger partial charge in [0.2, 0.25) is 5.91 Å².